The summed E-state index contributed by atoms with van der Waals surface area (Å²) < 4.78 is 4.01. The Labute approximate surface area is 135 Å². The van der Waals surface area contributed by atoms with Crippen molar-refractivity contribution in [3.8, 4) is 0 Å². The molecular formula is C14H16BrIN2O. The van der Waals surface area contributed by atoms with Crippen molar-refractivity contribution >= 4 is 38.5 Å². The molecule has 0 saturated carbocycles. The topological polar surface area (TPSA) is 38.0 Å². The number of aliphatic hydroxyl groups is 1. The first-order chi connectivity index (χ1) is 9.01. The van der Waals surface area contributed by atoms with Gasteiger partial charge in [-0.15, -0.1) is 0 Å². The second-order valence-corrected chi connectivity index (χ2v) is 6.56. The Balaban J connectivity index is 2.25. The van der Waals surface area contributed by atoms with Crippen molar-refractivity contribution < 1.29 is 5.11 Å². The normalized spacial score (nSPS) is 12.7. The van der Waals surface area contributed by atoms with Gasteiger partial charge in [-0.3, -0.25) is 4.68 Å². The summed E-state index contributed by atoms with van der Waals surface area (Å²) in [7, 11) is 0. The van der Waals surface area contributed by atoms with E-state index in [1.165, 1.54) is 0 Å². The molecule has 102 valence electrons. The van der Waals surface area contributed by atoms with Crippen LogP contribution in [0.2, 0.25) is 0 Å². The van der Waals surface area contributed by atoms with E-state index in [2.05, 4.69) is 50.5 Å². The van der Waals surface area contributed by atoms with Crippen LogP contribution in [0.3, 0.4) is 0 Å². The predicted molar refractivity (Wildman–Crippen MR) is 88.2 cm³/mol. The van der Waals surface area contributed by atoms with Crippen LogP contribution in [-0.2, 0) is 13.0 Å². The molecule has 1 aromatic heterocycles. The van der Waals surface area contributed by atoms with Gasteiger partial charge < -0.3 is 5.11 Å². The number of rotatable bonds is 4. The molecule has 0 fully saturated rings. The number of nitrogens with zero attached hydrogens (tertiary/aromatic N) is 2. The number of aromatic nitrogens is 2. The molecule has 1 aromatic carbocycles. The SMILES string of the molecule is CCn1nc(C)cc1CC(O)c1cc(Br)ccc1I. The molecule has 0 aliphatic heterocycles. The van der Waals surface area contributed by atoms with E-state index in [1.807, 2.05) is 35.9 Å². The summed E-state index contributed by atoms with van der Waals surface area (Å²) in [6.45, 7) is 4.86. The van der Waals surface area contributed by atoms with Crippen LogP contribution in [0.1, 0.15) is 30.0 Å². The average Bonchev–Trinajstić information content (AvgIpc) is 2.72. The van der Waals surface area contributed by atoms with Crippen molar-refractivity contribution in [2.45, 2.75) is 32.9 Å². The summed E-state index contributed by atoms with van der Waals surface area (Å²) in [5.41, 5.74) is 3.02. The first-order valence-electron chi connectivity index (χ1n) is 6.17. The summed E-state index contributed by atoms with van der Waals surface area (Å²) in [6.07, 6.45) is 0.0759. The van der Waals surface area contributed by atoms with E-state index in [-0.39, 0.29) is 0 Å². The molecule has 0 amide bonds. The van der Waals surface area contributed by atoms with Gasteiger partial charge in [0.2, 0.25) is 0 Å². The molecule has 1 heterocycles. The van der Waals surface area contributed by atoms with Gasteiger partial charge in [-0.25, -0.2) is 0 Å². The summed E-state index contributed by atoms with van der Waals surface area (Å²) in [6, 6.07) is 8.01. The predicted octanol–water partition coefficient (Wildman–Crippen LogP) is 3.85. The van der Waals surface area contributed by atoms with E-state index in [4.69, 9.17) is 0 Å². The van der Waals surface area contributed by atoms with Gasteiger partial charge in [-0.05, 0) is 66.3 Å². The lowest BCUT2D eigenvalue weighted by Gasteiger charge is -2.14. The van der Waals surface area contributed by atoms with Crippen LogP contribution in [-0.4, -0.2) is 14.9 Å². The van der Waals surface area contributed by atoms with Crippen LogP contribution >= 0.6 is 38.5 Å². The average molecular weight is 435 g/mol. The first-order valence-corrected chi connectivity index (χ1v) is 8.04. The van der Waals surface area contributed by atoms with E-state index >= 15 is 0 Å². The fourth-order valence-corrected chi connectivity index (χ4v) is 3.19. The van der Waals surface area contributed by atoms with Crippen LogP contribution in [0, 0.1) is 10.5 Å². The van der Waals surface area contributed by atoms with Gasteiger partial charge in [0.1, 0.15) is 0 Å². The minimum Gasteiger partial charge on any atom is -0.388 e. The van der Waals surface area contributed by atoms with Crippen molar-refractivity contribution in [1.82, 2.24) is 9.78 Å². The van der Waals surface area contributed by atoms with Crippen LogP contribution in [0.25, 0.3) is 0 Å². The summed E-state index contributed by atoms with van der Waals surface area (Å²) in [4.78, 5) is 0. The number of hydrogen-bond acceptors (Lipinski definition) is 2. The van der Waals surface area contributed by atoms with E-state index < -0.39 is 6.10 Å². The van der Waals surface area contributed by atoms with E-state index in [1.54, 1.807) is 0 Å². The number of benzene rings is 1. The van der Waals surface area contributed by atoms with Gasteiger partial charge in [0, 0.05) is 26.7 Å². The van der Waals surface area contributed by atoms with E-state index in [0.29, 0.717) is 6.42 Å². The molecule has 5 heteroatoms. The largest absolute Gasteiger partial charge is 0.388 e. The summed E-state index contributed by atoms with van der Waals surface area (Å²) >= 11 is 5.71. The summed E-state index contributed by atoms with van der Waals surface area (Å²) in [5, 5.41) is 14.9. The lowest BCUT2D eigenvalue weighted by atomic mass is 10.0. The number of aliphatic hydroxyl groups excluding tert-OH is 1. The standard InChI is InChI=1S/C14H16BrIN2O/c1-3-18-11(6-9(2)17-18)8-14(19)12-7-10(15)4-5-13(12)16/h4-7,14,19H,3,8H2,1-2H3. The smallest absolute Gasteiger partial charge is 0.0855 e. The molecule has 0 aliphatic carbocycles. The number of aryl methyl sites for hydroxylation is 2. The molecule has 19 heavy (non-hydrogen) atoms. The molecule has 0 radical (unpaired) electrons. The van der Waals surface area contributed by atoms with Crippen molar-refractivity contribution in [2.75, 3.05) is 0 Å². The van der Waals surface area contributed by atoms with Gasteiger partial charge in [-0.1, -0.05) is 15.9 Å². The highest BCUT2D eigenvalue weighted by molar-refractivity contribution is 14.1. The van der Waals surface area contributed by atoms with Crippen molar-refractivity contribution in [3.05, 3.63) is 49.3 Å². The highest BCUT2D eigenvalue weighted by Gasteiger charge is 2.15. The molecule has 2 rings (SSSR count). The zero-order valence-electron chi connectivity index (χ0n) is 10.9. The Morgan fingerprint density at radius 2 is 2.16 bits per heavy atom. The molecule has 1 unspecified atom stereocenters. The Morgan fingerprint density at radius 3 is 2.84 bits per heavy atom. The Morgan fingerprint density at radius 1 is 1.42 bits per heavy atom. The molecule has 0 spiro atoms. The molecule has 0 aliphatic rings. The molecule has 1 atom stereocenters. The van der Waals surface area contributed by atoms with Crippen molar-refractivity contribution in [3.63, 3.8) is 0 Å². The monoisotopic (exact) mass is 434 g/mol. The zero-order chi connectivity index (χ0) is 14.0. The van der Waals surface area contributed by atoms with Crippen molar-refractivity contribution in [2.24, 2.45) is 0 Å². The minimum absolute atomic E-state index is 0.509. The lowest BCUT2D eigenvalue weighted by molar-refractivity contribution is 0.174. The third kappa shape index (κ3) is 3.58. The second-order valence-electron chi connectivity index (χ2n) is 4.48. The molecule has 0 saturated heterocycles. The third-order valence-electron chi connectivity index (χ3n) is 3.00. The highest BCUT2D eigenvalue weighted by Crippen LogP contribution is 2.26. The molecular weight excluding hydrogens is 419 g/mol. The van der Waals surface area contributed by atoms with Crippen molar-refractivity contribution in [1.29, 1.82) is 0 Å². The van der Waals surface area contributed by atoms with Gasteiger partial charge in [0.25, 0.3) is 0 Å². The van der Waals surface area contributed by atoms with Crippen LogP contribution in [0.4, 0.5) is 0 Å². The molecule has 3 nitrogen and oxygen atoms in total. The first kappa shape index (κ1) is 15.0. The summed E-state index contributed by atoms with van der Waals surface area (Å²) in [5.74, 6) is 0. The number of hydrogen-bond donors (Lipinski definition) is 1. The van der Waals surface area contributed by atoms with Crippen LogP contribution in [0.5, 0.6) is 0 Å². The molecule has 2 aromatic rings. The maximum atomic E-state index is 10.4. The highest BCUT2D eigenvalue weighted by atomic mass is 127. The maximum Gasteiger partial charge on any atom is 0.0855 e. The van der Waals surface area contributed by atoms with E-state index in [0.717, 1.165) is 31.5 Å². The maximum absolute atomic E-state index is 10.4. The van der Waals surface area contributed by atoms with Gasteiger partial charge >= 0.3 is 0 Å². The zero-order valence-corrected chi connectivity index (χ0v) is 14.6. The third-order valence-corrected chi connectivity index (χ3v) is 4.48. The molecule has 1 N–H and O–H groups in total. The van der Waals surface area contributed by atoms with Gasteiger partial charge in [0.15, 0.2) is 0 Å². The van der Waals surface area contributed by atoms with Gasteiger partial charge in [0.05, 0.1) is 11.8 Å². The van der Waals surface area contributed by atoms with Crippen LogP contribution < -0.4 is 0 Å². The fraction of sp³-hybridized carbons (Fsp3) is 0.357. The fourth-order valence-electron chi connectivity index (χ4n) is 2.12. The van der Waals surface area contributed by atoms with E-state index in [9.17, 15) is 5.11 Å². The molecule has 0 bridgehead atoms. The van der Waals surface area contributed by atoms with Crippen LogP contribution in [0.15, 0.2) is 28.7 Å². The Kier molecular flexibility index (Phi) is 5.03. The Bertz CT molecular complexity index is 583. The minimum atomic E-state index is -0.509. The quantitative estimate of drug-likeness (QED) is 0.742. The second kappa shape index (κ2) is 6.37. The lowest BCUT2D eigenvalue weighted by Crippen LogP contribution is -2.09. The number of halogens is 2. The van der Waals surface area contributed by atoms with Gasteiger partial charge in [-0.2, -0.15) is 5.10 Å². The Hall–Kier alpha value is -0.400.